The summed E-state index contributed by atoms with van der Waals surface area (Å²) >= 11 is 0. The Bertz CT molecular complexity index is 111. The van der Waals surface area contributed by atoms with Gasteiger partial charge in [-0.05, 0) is 18.9 Å². The third-order valence-electron chi connectivity index (χ3n) is 1.02. The fraction of sp³-hybridized carbons (Fsp3) is 0.250. The topological polar surface area (TPSA) is 0 Å². The summed E-state index contributed by atoms with van der Waals surface area (Å²) in [4.78, 5) is 0. The van der Waals surface area contributed by atoms with Gasteiger partial charge in [-0.1, -0.05) is 30.4 Å². The van der Waals surface area contributed by atoms with Gasteiger partial charge < -0.3 is 0 Å². The van der Waals surface area contributed by atoms with Crippen LogP contribution in [0.2, 0.25) is 0 Å². The average molecular weight is 105 g/mol. The Labute approximate surface area is 50.2 Å². The van der Waals surface area contributed by atoms with E-state index >= 15 is 0 Å². The second-order valence-electron chi connectivity index (χ2n) is 1.70. The van der Waals surface area contributed by atoms with Gasteiger partial charge >= 0.3 is 0 Å². The lowest BCUT2D eigenvalue weighted by Gasteiger charge is -1.84. The molecule has 0 spiro atoms. The molecule has 0 unspecified atom stereocenters. The van der Waals surface area contributed by atoms with Crippen LogP contribution >= 0.6 is 0 Å². The molecule has 0 aromatic rings. The minimum absolute atomic E-state index is 0.963. The molecular weight excluding hydrogens is 96.1 g/mol. The molecule has 0 heteroatoms. The second kappa shape index (κ2) is 3.25. The summed E-state index contributed by atoms with van der Waals surface area (Å²) in [5.41, 5.74) is 0. The lowest BCUT2D eigenvalue weighted by molar-refractivity contribution is 1.25. The zero-order valence-corrected chi connectivity index (χ0v) is 4.80. The normalized spacial score (nSPS) is 18.0. The van der Waals surface area contributed by atoms with Crippen molar-refractivity contribution in [3.63, 3.8) is 0 Å². The molecular formula is C8H9. The molecule has 0 nitrogen and oxygen atoms in total. The van der Waals surface area contributed by atoms with Crippen molar-refractivity contribution in [3.05, 3.63) is 36.5 Å². The lowest BCUT2D eigenvalue weighted by Crippen LogP contribution is -1.65. The quantitative estimate of drug-likeness (QED) is 0.443. The maximum Gasteiger partial charge on any atom is -0.00946 e. The first-order valence-electron chi connectivity index (χ1n) is 2.87. The average Bonchev–Trinajstić information content (AvgIpc) is 1.62. The van der Waals surface area contributed by atoms with Gasteiger partial charge in [0.05, 0.1) is 0 Å². The van der Waals surface area contributed by atoms with E-state index < -0.39 is 0 Å². The van der Waals surface area contributed by atoms with Crippen LogP contribution in [0.4, 0.5) is 0 Å². The van der Waals surface area contributed by atoms with Gasteiger partial charge in [0.25, 0.3) is 0 Å². The summed E-state index contributed by atoms with van der Waals surface area (Å²) in [6.45, 7) is 0. The Morgan fingerprint density at radius 1 is 1.12 bits per heavy atom. The van der Waals surface area contributed by atoms with Crippen LogP contribution in [0, 0.1) is 6.08 Å². The monoisotopic (exact) mass is 105 g/mol. The van der Waals surface area contributed by atoms with Crippen LogP contribution in [0.5, 0.6) is 0 Å². The Morgan fingerprint density at radius 2 is 2.00 bits per heavy atom. The molecule has 0 heterocycles. The summed E-state index contributed by atoms with van der Waals surface area (Å²) in [7, 11) is 0. The molecule has 0 bridgehead atoms. The fourth-order valence-electron chi connectivity index (χ4n) is 0.606. The summed E-state index contributed by atoms with van der Waals surface area (Å²) in [5, 5.41) is 0. The molecule has 0 aromatic carbocycles. The van der Waals surface area contributed by atoms with Crippen LogP contribution in [0.3, 0.4) is 0 Å². The summed E-state index contributed by atoms with van der Waals surface area (Å²) in [6.07, 6.45) is 15.5. The molecule has 0 aliphatic heterocycles. The van der Waals surface area contributed by atoms with E-state index in [1.165, 1.54) is 0 Å². The van der Waals surface area contributed by atoms with Crippen LogP contribution in [0.25, 0.3) is 0 Å². The van der Waals surface area contributed by atoms with Crippen molar-refractivity contribution in [1.82, 2.24) is 0 Å². The lowest BCUT2D eigenvalue weighted by atomic mass is 10.2. The van der Waals surface area contributed by atoms with Crippen molar-refractivity contribution in [2.75, 3.05) is 0 Å². The highest BCUT2D eigenvalue weighted by Gasteiger charge is 1.74. The number of hydrogen-bond acceptors (Lipinski definition) is 0. The maximum absolute atomic E-state index is 3.12. The minimum atomic E-state index is 0.963. The molecule has 0 atom stereocenters. The van der Waals surface area contributed by atoms with Gasteiger partial charge in [0, 0.05) is 0 Å². The molecule has 0 aromatic heterocycles. The first-order chi connectivity index (χ1) is 4.00. The molecule has 1 aliphatic carbocycles. The Morgan fingerprint density at radius 3 is 3.00 bits per heavy atom. The highest BCUT2D eigenvalue weighted by molar-refractivity contribution is 5.07. The first kappa shape index (κ1) is 5.36. The number of rotatable bonds is 0. The molecule has 1 radical (unpaired) electrons. The number of allylic oxidation sites excluding steroid dienone is 6. The van der Waals surface area contributed by atoms with Crippen LogP contribution < -0.4 is 0 Å². The summed E-state index contributed by atoms with van der Waals surface area (Å²) in [6, 6.07) is 0. The van der Waals surface area contributed by atoms with Crippen molar-refractivity contribution in [2.24, 2.45) is 0 Å². The van der Waals surface area contributed by atoms with Gasteiger partial charge in [-0.15, -0.1) is 0 Å². The van der Waals surface area contributed by atoms with Gasteiger partial charge in [0.1, 0.15) is 0 Å². The Balaban J connectivity index is 2.51. The molecule has 0 N–H and O–H groups in total. The molecule has 8 heavy (non-hydrogen) atoms. The first-order valence-corrected chi connectivity index (χ1v) is 2.87. The molecule has 41 valence electrons. The van der Waals surface area contributed by atoms with E-state index in [9.17, 15) is 0 Å². The fourth-order valence-corrected chi connectivity index (χ4v) is 0.606. The predicted molar refractivity (Wildman–Crippen MR) is 35.3 cm³/mol. The SMILES string of the molecule is [C]1=CCC=CC=CC1. The zero-order valence-electron chi connectivity index (χ0n) is 4.80. The third-order valence-corrected chi connectivity index (χ3v) is 1.02. The van der Waals surface area contributed by atoms with E-state index in [-0.39, 0.29) is 0 Å². The predicted octanol–water partition coefficient (Wildman–Crippen LogP) is 2.25. The zero-order chi connectivity index (χ0) is 5.66. The Kier molecular flexibility index (Phi) is 2.18. The van der Waals surface area contributed by atoms with Gasteiger partial charge in [-0.25, -0.2) is 0 Å². The highest BCUT2D eigenvalue weighted by Crippen LogP contribution is 1.94. The molecule has 0 fully saturated rings. The van der Waals surface area contributed by atoms with E-state index in [0.717, 1.165) is 12.8 Å². The van der Waals surface area contributed by atoms with E-state index in [1.807, 2.05) is 0 Å². The van der Waals surface area contributed by atoms with Crippen molar-refractivity contribution in [3.8, 4) is 0 Å². The second-order valence-corrected chi connectivity index (χ2v) is 1.70. The van der Waals surface area contributed by atoms with Gasteiger partial charge in [0.2, 0.25) is 0 Å². The van der Waals surface area contributed by atoms with Gasteiger partial charge in [-0.3, -0.25) is 0 Å². The molecule has 0 saturated heterocycles. The summed E-state index contributed by atoms with van der Waals surface area (Å²) < 4.78 is 0. The van der Waals surface area contributed by atoms with E-state index in [0.29, 0.717) is 0 Å². The van der Waals surface area contributed by atoms with Crippen molar-refractivity contribution in [1.29, 1.82) is 0 Å². The van der Waals surface area contributed by atoms with Gasteiger partial charge in [-0.2, -0.15) is 0 Å². The van der Waals surface area contributed by atoms with Crippen LogP contribution in [-0.2, 0) is 0 Å². The van der Waals surface area contributed by atoms with E-state index in [4.69, 9.17) is 0 Å². The molecule has 1 aliphatic rings. The van der Waals surface area contributed by atoms with Crippen molar-refractivity contribution >= 4 is 0 Å². The molecule has 1 rings (SSSR count). The smallest absolute Gasteiger partial charge is 0.00946 e. The highest BCUT2D eigenvalue weighted by atomic mass is 13.8. The maximum atomic E-state index is 3.12. The standard InChI is InChI=1S/C8H9/c1-2-4-6-8-7-5-3-1/h1-4,7H,5-6H2. The Hall–Kier alpha value is -0.780. The van der Waals surface area contributed by atoms with E-state index in [1.54, 1.807) is 0 Å². The van der Waals surface area contributed by atoms with Crippen LogP contribution in [0.15, 0.2) is 30.4 Å². The van der Waals surface area contributed by atoms with Crippen molar-refractivity contribution < 1.29 is 0 Å². The van der Waals surface area contributed by atoms with Gasteiger partial charge in [0.15, 0.2) is 0 Å². The van der Waals surface area contributed by atoms with E-state index in [2.05, 4.69) is 36.5 Å². The largest absolute Gasteiger partial charge is 0.0807 e. The third kappa shape index (κ3) is 1.78. The minimum Gasteiger partial charge on any atom is -0.0807 e. The number of hydrogen-bond donors (Lipinski definition) is 0. The van der Waals surface area contributed by atoms with Crippen molar-refractivity contribution in [2.45, 2.75) is 12.8 Å². The molecule has 0 amide bonds. The summed E-state index contributed by atoms with van der Waals surface area (Å²) in [5.74, 6) is 0. The molecule has 0 saturated carbocycles. The van der Waals surface area contributed by atoms with Crippen LogP contribution in [-0.4, -0.2) is 0 Å². The van der Waals surface area contributed by atoms with Crippen LogP contribution in [0.1, 0.15) is 12.8 Å².